The summed E-state index contributed by atoms with van der Waals surface area (Å²) in [6.45, 7) is 5.27. The summed E-state index contributed by atoms with van der Waals surface area (Å²) in [7, 11) is 1.52. The number of nitrogens with two attached hydrogens (primary N) is 2. The molecule has 36 heavy (non-hydrogen) atoms. The first-order valence-corrected chi connectivity index (χ1v) is 11.9. The van der Waals surface area contributed by atoms with Crippen molar-refractivity contribution in [3.05, 3.63) is 63.7 Å². The van der Waals surface area contributed by atoms with Gasteiger partial charge >= 0.3 is 0 Å². The molecule has 1 atom stereocenters. The Balaban J connectivity index is 1.87. The zero-order chi connectivity index (χ0) is 26.0. The van der Waals surface area contributed by atoms with Crippen LogP contribution in [-0.2, 0) is 13.1 Å². The lowest BCUT2D eigenvalue weighted by molar-refractivity contribution is 0.0968. The summed E-state index contributed by atoms with van der Waals surface area (Å²) in [5, 5.41) is 0. The van der Waals surface area contributed by atoms with Crippen LogP contribution < -0.4 is 26.7 Å². The molecule has 1 aliphatic heterocycles. The number of carbonyl (C=O) groups excluding carboxylic acids is 2. The monoisotopic (exact) mass is 492 g/mol. The van der Waals surface area contributed by atoms with Crippen molar-refractivity contribution in [2.45, 2.75) is 45.8 Å². The number of benzene rings is 1. The summed E-state index contributed by atoms with van der Waals surface area (Å²) in [5.41, 5.74) is 13.8. The van der Waals surface area contributed by atoms with Gasteiger partial charge in [0.05, 0.1) is 20.0 Å². The lowest BCUT2D eigenvalue weighted by atomic mass is 10.1. The number of methoxy groups -OCH3 is 1. The SMILES string of the molecule is COc1cccc(C(=O)Cn2cnc3c(C(N)=O)c(N4CCCC(N)C4)n(CC=C(C)C)c3c2=O)c1. The standard InChI is InChI=1S/C26H32N6O4/c1-16(2)9-11-32-23-22(21(24(28)34)25(32)30-10-5-7-18(27)13-30)29-15-31(26(23)35)14-20(33)17-6-4-8-19(12-17)36-3/h4,6,8-9,12,15,18H,5,7,10-11,13-14,27H2,1-3H3,(H2,28,34). The molecule has 10 nitrogen and oxygen atoms in total. The number of amides is 1. The molecule has 0 bridgehead atoms. The van der Waals surface area contributed by atoms with Crippen LogP contribution in [0.4, 0.5) is 5.82 Å². The molecular formula is C26H32N6O4. The summed E-state index contributed by atoms with van der Waals surface area (Å²) in [6, 6.07) is 6.70. The van der Waals surface area contributed by atoms with Gasteiger partial charge in [0, 0.05) is 31.2 Å². The molecule has 2 aromatic heterocycles. The highest BCUT2D eigenvalue weighted by atomic mass is 16.5. The Morgan fingerprint density at radius 1 is 1.28 bits per heavy atom. The Morgan fingerprint density at radius 2 is 2.06 bits per heavy atom. The number of Topliss-reactive ketones (excluding diaryl/α,β-unsaturated/α-hetero) is 1. The molecule has 0 radical (unpaired) electrons. The number of ether oxygens (including phenoxy) is 1. The molecule has 1 fully saturated rings. The van der Waals surface area contributed by atoms with Crippen LogP contribution >= 0.6 is 0 Å². The van der Waals surface area contributed by atoms with Crippen LogP contribution in [0.25, 0.3) is 11.0 Å². The zero-order valence-corrected chi connectivity index (χ0v) is 20.9. The quantitative estimate of drug-likeness (QED) is 0.363. The number of hydrogen-bond donors (Lipinski definition) is 2. The number of fused-ring (bicyclic) bond motifs is 1. The molecule has 10 heteroatoms. The van der Waals surface area contributed by atoms with Crippen molar-refractivity contribution in [1.29, 1.82) is 0 Å². The van der Waals surface area contributed by atoms with Crippen LogP contribution in [0.15, 0.2) is 47.0 Å². The highest BCUT2D eigenvalue weighted by Gasteiger charge is 2.30. The largest absolute Gasteiger partial charge is 0.497 e. The fourth-order valence-electron chi connectivity index (χ4n) is 4.62. The smallest absolute Gasteiger partial charge is 0.278 e. The van der Waals surface area contributed by atoms with E-state index < -0.39 is 11.5 Å². The van der Waals surface area contributed by atoms with Gasteiger partial charge in [-0.15, -0.1) is 0 Å². The number of piperidine rings is 1. The number of aromatic nitrogens is 3. The van der Waals surface area contributed by atoms with Gasteiger partial charge in [0.1, 0.15) is 28.2 Å². The van der Waals surface area contributed by atoms with Crippen LogP contribution in [0.1, 0.15) is 47.4 Å². The van der Waals surface area contributed by atoms with Gasteiger partial charge in [0.15, 0.2) is 5.78 Å². The molecule has 0 saturated carbocycles. The highest BCUT2D eigenvalue weighted by Crippen LogP contribution is 2.32. The molecule has 4 rings (SSSR count). The van der Waals surface area contributed by atoms with Crippen molar-refractivity contribution < 1.29 is 14.3 Å². The molecule has 3 heterocycles. The molecule has 4 N–H and O–H groups in total. The second kappa shape index (κ2) is 10.4. The van der Waals surface area contributed by atoms with Gasteiger partial charge < -0.3 is 25.7 Å². The third-order valence-corrected chi connectivity index (χ3v) is 6.39. The minimum Gasteiger partial charge on any atom is -0.497 e. The maximum atomic E-state index is 13.7. The lowest BCUT2D eigenvalue weighted by Gasteiger charge is -2.33. The van der Waals surface area contributed by atoms with E-state index in [0.29, 0.717) is 36.8 Å². The lowest BCUT2D eigenvalue weighted by Crippen LogP contribution is -2.44. The normalized spacial score (nSPS) is 15.7. The third-order valence-electron chi connectivity index (χ3n) is 6.39. The molecule has 1 unspecified atom stereocenters. The number of anilines is 1. The molecule has 190 valence electrons. The first kappa shape index (κ1) is 25.2. The topological polar surface area (TPSA) is 138 Å². The van der Waals surface area contributed by atoms with Crippen LogP contribution in [0.3, 0.4) is 0 Å². The van der Waals surface area contributed by atoms with Gasteiger partial charge in [-0.1, -0.05) is 23.8 Å². The number of ketones is 1. The van der Waals surface area contributed by atoms with Gasteiger partial charge in [-0.2, -0.15) is 0 Å². The zero-order valence-electron chi connectivity index (χ0n) is 20.9. The van der Waals surface area contributed by atoms with Crippen molar-refractivity contribution >= 4 is 28.5 Å². The molecule has 1 saturated heterocycles. The first-order valence-electron chi connectivity index (χ1n) is 11.9. The molecule has 1 aromatic carbocycles. The molecule has 3 aromatic rings. The number of hydrogen-bond acceptors (Lipinski definition) is 7. The average Bonchev–Trinajstić information content (AvgIpc) is 3.19. The van der Waals surface area contributed by atoms with Gasteiger partial charge in [0.2, 0.25) is 0 Å². The summed E-state index contributed by atoms with van der Waals surface area (Å²) in [6.07, 6.45) is 5.01. The fraction of sp³-hybridized carbons (Fsp3) is 0.385. The highest BCUT2D eigenvalue weighted by molar-refractivity contribution is 6.10. The number of primary amides is 1. The van der Waals surface area contributed by atoms with Crippen LogP contribution in [-0.4, -0.2) is 52.0 Å². The van der Waals surface area contributed by atoms with Crippen molar-refractivity contribution in [2.24, 2.45) is 11.5 Å². The molecule has 0 aliphatic carbocycles. The Morgan fingerprint density at radius 3 is 2.72 bits per heavy atom. The molecule has 0 spiro atoms. The number of rotatable bonds is 8. The Labute approximate surface area is 209 Å². The van der Waals surface area contributed by atoms with Crippen LogP contribution in [0.2, 0.25) is 0 Å². The maximum Gasteiger partial charge on any atom is 0.278 e. The van der Waals surface area contributed by atoms with Crippen molar-refractivity contribution in [3.63, 3.8) is 0 Å². The van der Waals surface area contributed by atoms with E-state index in [1.165, 1.54) is 18.0 Å². The van der Waals surface area contributed by atoms with E-state index in [0.717, 1.165) is 18.4 Å². The second-order valence-electron chi connectivity index (χ2n) is 9.33. The minimum absolute atomic E-state index is 0.0560. The summed E-state index contributed by atoms with van der Waals surface area (Å²) < 4.78 is 8.25. The number of carbonyl (C=O) groups is 2. The number of nitrogens with zero attached hydrogens (tertiary/aromatic N) is 4. The average molecular weight is 493 g/mol. The van der Waals surface area contributed by atoms with Crippen LogP contribution in [0, 0.1) is 0 Å². The van der Waals surface area contributed by atoms with E-state index in [9.17, 15) is 14.4 Å². The minimum atomic E-state index is -0.665. The van der Waals surface area contributed by atoms with E-state index in [1.807, 2.05) is 24.8 Å². The van der Waals surface area contributed by atoms with E-state index in [1.54, 1.807) is 28.8 Å². The van der Waals surface area contributed by atoms with Crippen LogP contribution in [0.5, 0.6) is 5.75 Å². The van der Waals surface area contributed by atoms with E-state index in [4.69, 9.17) is 16.2 Å². The van der Waals surface area contributed by atoms with Gasteiger partial charge in [-0.3, -0.25) is 19.0 Å². The third kappa shape index (κ3) is 4.90. The van der Waals surface area contributed by atoms with Gasteiger partial charge in [-0.25, -0.2) is 4.98 Å². The maximum absolute atomic E-state index is 13.7. The summed E-state index contributed by atoms with van der Waals surface area (Å²) >= 11 is 0. The Bertz CT molecular complexity index is 1400. The summed E-state index contributed by atoms with van der Waals surface area (Å²) in [5.74, 6) is 0.165. The molecular weight excluding hydrogens is 460 g/mol. The predicted molar refractivity (Wildman–Crippen MR) is 139 cm³/mol. The van der Waals surface area contributed by atoms with Crippen molar-refractivity contribution in [3.8, 4) is 5.75 Å². The molecule has 1 amide bonds. The predicted octanol–water partition coefficient (Wildman–Crippen LogP) is 2.08. The summed E-state index contributed by atoms with van der Waals surface area (Å²) in [4.78, 5) is 45.8. The fourth-order valence-corrected chi connectivity index (χ4v) is 4.62. The Kier molecular flexibility index (Phi) is 7.25. The van der Waals surface area contributed by atoms with E-state index in [2.05, 4.69) is 4.98 Å². The first-order chi connectivity index (χ1) is 17.2. The van der Waals surface area contributed by atoms with Gasteiger partial charge in [0.25, 0.3) is 11.5 Å². The molecule has 1 aliphatic rings. The van der Waals surface area contributed by atoms with E-state index >= 15 is 0 Å². The Hall–Kier alpha value is -3.92. The van der Waals surface area contributed by atoms with Gasteiger partial charge in [-0.05, 0) is 38.8 Å². The number of allylic oxidation sites excluding steroid dienone is 2. The van der Waals surface area contributed by atoms with E-state index in [-0.39, 0.29) is 35.0 Å². The van der Waals surface area contributed by atoms with Crippen molar-refractivity contribution in [2.75, 3.05) is 25.1 Å². The van der Waals surface area contributed by atoms with Crippen molar-refractivity contribution in [1.82, 2.24) is 14.1 Å². The second-order valence-corrected chi connectivity index (χ2v) is 9.33.